The number of carboxylic acid groups (broad SMARTS) is 1. The van der Waals surface area contributed by atoms with Gasteiger partial charge >= 0.3 is 12.1 Å². The summed E-state index contributed by atoms with van der Waals surface area (Å²) < 4.78 is 4.57. The van der Waals surface area contributed by atoms with Gasteiger partial charge in [0, 0.05) is 11.9 Å². The summed E-state index contributed by atoms with van der Waals surface area (Å²) in [4.78, 5) is 21.6. The average Bonchev–Trinajstić information content (AvgIpc) is 2.42. The highest BCUT2D eigenvalue weighted by Gasteiger charge is 2.16. The zero-order valence-electron chi connectivity index (χ0n) is 10.4. The number of benzene rings is 1. The summed E-state index contributed by atoms with van der Waals surface area (Å²) in [5, 5.41) is 20.1. The van der Waals surface area contributed by atoms with Crippen LogP contribution < -0.4 is 11.1 Å². The number of primary amides is 1. The lowest BCUT2D eigenvalue weighted by molar-refractivity contribution is 0.0690. The number of aromatic nitrogens is 2. The molecule has 0 radical (unpaired) electrons. The Bertz CT molecular complexity index is 659. The molecule has 0 aliphatic rings. The number of carbonyl (C=O) groups is 2. The SMILES string of the molecule is NC(=O)OCCNc1c(C(=O)O)nnc2ccccc12. The molecule has 0 spiro atoms. The third kappa shape index (κ3) is 2.91. The molecular weight excluding hydrogens is 264 g/mol. The van der Waals surface area contributed by atoms with Gasteiger partial charge in [-0.15, -0.1) is 10.2 Å². The molecule has 20 heavy (non-hydrogen) atoms. The van der Waals surface area contributed by atoms with Crippen molar-refractivity contribution in [1.29, 1.82) is 0 Å². The summed E-state index contributed by atoms with van der Waals surface area (Å²) >= 11 is 0. The van der Waals surface area contributed by atoms with Crippen molar-refractivity contribution in [3.8, 4) is 0 Å². The molecule has 1 aromatic heterocycles. The van der Waals surface area contributed by atoms with E-state index in [-0.39, 0.29) is 18.8 Å². The van der Waals surface area contributed by atoms with Crippen LogP contribution in [0, 0.1) is 0 Å². The fourth-order valence-electron chi connectivity index (χ4n) is 1.71. The average molecular weight is 276 g/mol. The van der Waals surface area contributed by atoms with E-state index in [1.54, 1.807) is 24.3 Å². The second-order valence-electron chi connectivity index (χ2n) is 3.84. The van der Waals surface area contributed by atoms with Crippen LogP contribution in [0.15, 0.2) is 24.3 Å². The molecule has 104 valence electrons. The minimum Gasteiger partial charge on any atom is -0.476 e. The number of carboxylic acids is 1. The molecule has 0 aliphatic heterocycles. The maximum Gasteiger partial charge on any atom is 0.404 e. The van der Waals surface area contributed by atoms with Crippen molar-refractivity contribution < 1.29 is 19.4 Å². The van der Waals surface area contributed by atoms with Crippen LogP contribution in [0.5, 0.6) is 0 Å². The van der Waals surface area contributed by atoms with Crippen LogP contribution in [0.25, 0.3) is 10.9 Å². The first kappa shape index (κ1) is 13.5. The van der Waals surface area contributed by atoms with Gasteiger partial charge in [0.25, 0.3) is 0 Å². The van der Waals surface area contributed by atoms with Gasteiger partial charge in [0.2, 0.25) is 0 Å². The molecule has 0 saturated heterocycles. The molecule has 2 aromatic rings. The minimum absolute atomic E-state index is 0.0189. The number of ether oxygens (including phenoxy) is 1. The Hall–Kier alpha value is -2.90. The van der Waals surface area contributed by atoms with Crippen molar-refractivity contribution in [2.45, 2.75) is 0 Å². The Labute approximate surface area is 113 Å². The van der Waals surface area contributed by atoms with Crippen molar-refractivity contribution in [2.75, 3.05) is 18.5 Å². The zero-order valence-corrected chi connectivity index (χ0v) is 10.4. The number of aromatic carboxylic acids is 1. The Morgan fingerprint density at radius 2 is 2.05 bits per heavy atom. The lowest BCUT2D eigenvalue weighted by Crippen LogP contribution is -2.19. The Balaban J connectivity index is 2.30. The third-order valence-corrected chi connectivity index (χ3v) is 2.52. The number of amides is 1. The number of nitrogens with one attached hydrogen (secondary N) is 1. The summed E-state index contributed by atoms with van der Waals surface area (Å²) in [6, 6.07) is 6.99. The molecule has 0 unspecified atom stereocenters. The largest absolute Gasteiger partial charge is 0.476 e. The molecule has 1 heterocycles. The van der Waals surface area contributed by atoms with Crippen LogP contribution >= 0.6 is 0 Å². The van der Waals surface area contributed by atoms with Crippen molar-refractivity contribution in [1.82, 2.24) is 10.2 Å². The Kier molecular flexibility index (Phi) is 3.94. The van der Waals surface area contributed by atoms with Crippen molar-refractivity contribution in [3.63, 3.8) is 0 Å². The second kappa shape index (κ2) is 5.83. The van der Waals surface area contributed by atoms with E-state index in [0.717, 1.165) is 0 Å². The Morgan fingerprint density at radius 3 is 2.75 bits per heavy atom. The number of hydrogen-bond acceptors (Lipinski definition) is 6. The highest BCUT2D eigenvalue weighted by atomic mass is 16.5. The van der Waals surface area contributed by atoms with Crippen LogP contribution in [0.2, 0.25) is 0 Å². The summed E-state index contributed by atoms with van der Waals surface area (Å²) in [5.41, 5.74) is 5.54. The molecule has 4 N–H and O–H groups in total. The number of rotatable bonds is 5. The monoisotopic (exact) mass is 276 g/mol. The van der Waals surface area contributed by atoms with Gasteiger partial charge in [0.1, 0.15) is 6.61 Å². The van der Waals surface area contributed by atoms with Crippen LogP contribution in [0.3, 0.4) is 0 Å². The molecule has 8 heteroatoms. The van der Waals surface area contributed by atoms with Gasteiger partial charge in [-0.2, -0.15) is 0 Å². The number of fused-ring (bicyclic) bond motifs is 1. The number of anilines is 1. The number of nitrogens with zero attached hydrogens (tertiary/aromatic N) is 2. The van der Waals surface area contributed by atoms with Crippen LogP contribution in [0.1, 0.15) is 10.5 Å². The third-order valence-electron chi connectivity index (χ3n) is 2.52. The number of carbonyl (C=O) groups excluding carboxylic acids is 1. The van der Waals surface area contributed by atoms with Gasteiger partial charge < -0.3 is 20.9 Å². The molecule has 2 rings (SSSR count). The maximum atomic E-state index is 11.2. The molecule has 1 amide bonds. The highest BCUT2D eigenvalue weighted by Crippen LogP contribution is 2.23. The Morgan fingerprint density at radius 1 is 1.30 bits per heavy atom. The van der Waals surface area contributed by atoms with E-state index >= 15 is 0 Å². The van der Waals surface area contributed by atoms with E-state index in [0.29, 0.717) is 16.6 Å². The molecule has 8 nitrogen and oxygen atoms in total. The first-order valence-electron chi connectivity index (χ1n) is 5.74. The van der Waals surface area contributed by atoms with Crippen LogP contribution in [-0.2, 0) is 4.74 Å². The zero-order chi connectivity index (χ0) is 14.5. The van der Waals surface area contributed by atoms with E-state index in [4.69, 9.17) is 10.8 Å². The van der Waals surface area contributed by atoms with E-state index in [1.807, 2.05) is 0 Å². The van der Waals surface area contributed by atoms with Crippen molar-refractivity contribution >= 4 is 28.7 Å². The summed E-state index contributed by atoms with van der Waals surface area (Å²) in [7, 11) is 0. The number of nitrogens with two attached hydrogens (primary N) is 1. The number of hydrogen-bond donors (Lipinski definition) is 3. The van der Waals surface area contributed by atoms with Gasteiger partial charge in [-0.1, -0.05) is 18.2 Å². The molecule has 0 bridgehead atoms. The van der Waals surface area contributed by atoms with Gasteiger partial charge in [-0.05, 0) is 6.07 Å². The second-order valence-corrected chi connectivity index (χ2v) is 3.84. The quantitative estimate of drug-likeness (QED) is 0.690. The lowest BCUT2D eigenvalue weighted by atomic mass is 10.1. The normalized spacial score (nSPS) is 10.2. The smallest absolute Gasteiger partial charge is 0.404 e. The molecular formula is C12H12N4O4. The van der Waals surface area contributed by atoms with Gasteiger partial charge in [0.15, 0.2) is 5.69 Å². The fourth-order valence-corrected chi connectivity index (χ4v) is 1.71. The molecule has 0 atom stereocenters. The summed E-state index contributed by atoms with van der Waals surface area (Å²) in [6.07, 6.45) is -0.886. The predicted molar refractivity (Wildman–Crippen MR) is 70.5 cm³/mol. The van der Waals surface area contributed by atoms with Crippen molar-refractivity contribution in [2.24, 2.45) is 5.73 Å². The lowest BCUT2D eigenvalue weighted by Gasteiger charge is -2.11. The van der Waals surface area contributed by atoms with Gasteiger partial charge in [-0.3, -0.25) is 0 Å². The predicted octanol–water partition coefficient (Wildman–Crippen LogP) is 0.835. The topological polar surface area (TPSA) is 127 Å². The molecule has 0 fully saturated rings. The fraction of sp³-hybridized carbons (Fsp3) is 0.167. The molecule has 0 saturated carbocycles. The standard InChI is InChI=1S/C12H12N4O4/c13-12(19)20-6-5-14-9-7-3-1-2-4-8(7)15-16-10(9)11(17)18/h1-4H,5-6H2,(H2,13,19)(H,14,15)(H,17,18). The summed E-state index contributed by atoms with van der Waals surface area (Å²) in [5.74, 6) is -1.19. The van der Waals surface area contributed by atoms with Crippen molar-refractivity contribution in [3.05, 3.63) is 30.0 Å². The first-order valence-corrected chi connectivity index (χ1v) is 5.74. The van der Waals surface area contributed by atoms with E-state index < -0.39 is 12.1 Å². The minimum atomic E-state index is -1.19. The first-order chi connectivity index (χ1) is 9.59. The van der Waals surface area contributed by atoms with E-state index in [1.165, 1.54) is 0 Å². The van der Waals surface area contributed by atoms with Crippen LogP contribution in [0.4, 0.5) is 10.5 Å². The van der Waals surface area contributed by atoms with E-state index in [2.05, 4.69) is 20.3 Å². The maximum absolute atomic E-state index is 11.2. The molecule has 0 aliphatic carbocycles. The summed E-state index contributed by atoms with van der Waals surface area (Å²) in [6.45, 7) is 0.226. The molecule has 1 aromatic carbocycles. The van der Waals surface area contributed by atoms with E-state index in [9.17, 15) is 9.59 Å². The van der Waals surface area contributed by atoms with Gasteiger partial charge in [-0.25, -0.2) is 9.59 Å². The highest BCUT2D eigenvalue weighted by molar-refractivity contribution is 6.02. The van der Waals surface area contributed by atoms with Crippen LogP contribution in [-0.4, -0.2) is 40.5 Å². The van der Waals surface area contributed by atoms with Gasteiger partial charge in [0.05, 0.1) is 11.2 Å².